The number of hydrogen-bond acceptors (Lipinski definition) is 4. The normalized spacial score (nSPS) is 10.5. The second-order valence-electron chi connectivity index (χ2n) is 4.81. The molecular weight excluding hydrogens is 296 g/mol. The van der Waals surface area contributed by atoms with Crippen molar-refractivity contribution < 1.29 is 4.79 Å². The van der Waals surface area contributed by atoms with Gasteiger partial charge in [-0.15, -0.1) is 0 Å². The van der Waals surface area contributed by atoms with Gasteiger partial charge in [-0.05, 0) is 18.2 Å². The van der Waals surface area contributed by atoms with E-state index < -0.39 is 0 Å². The summed E-state index contributed by atoms with van der Waals surface area (Å²) in [5.41, 5.74) is 1.96. The van der Waals surface area contributed by atoms with E-state index in [9.17, 15) is 9.59 Å². The molecule has 0 amide bonds. The minimum atomic E-state index is -0.102. The highest BCUT2D eigenvalue weighted by molar-refractivity contribution is 7.16. The molecule has 0 bridgehead atoms. The van der Waals surface area contributed by atoms with E-state index in [2.05, 4.69) is 0 Å². The van der Waals surface area contributed by atoms with Crippen molar-refractivity contribution in [2.45, 2.75) is 13.0 Å². The Bertz CT molecular complexity index is 933. The van der Waals surface area contributed by atoms with Gasteiger partial charge in [-0.1, -0.05) is 41.7 Å². The first-order chi connectivity index (χ1) is 10.7. The number of aromatic nitrogens is 1. The van der Waals surface area contributed by atoms with E-state index in [1.807, 2.05) is 24.3 Å². The lowest BCUT2D eigenvalue weighted by Crippen LogP contribution is -2.12. The van der Waals surface area contributed by atoms with Crippen molar-refractivity contribution in [1.82, 2.24) is 4.57 Å². The average Bonchev–Trinajstić information content (AvgIpc) is 2.87. The monoisotopic (exact) mass is 308 g/mol. The number of benzene rings is 2. The third-order valence-corrected chi connectivity index (χ3v) is 4.36. The van der Waals surface area contributed by atoms with Crippen molar-refractivity contribution >= 4 is 27.3 Å². The molecule has 0 spiro atoms. The molecule has 22 heavy (non-hydrogen) atoms. The fourth-order valence-electron chi connectivity index (χ4n) is 2.34. The fraction of sp³-hybridized carbons (Fsp3) is 0.118. The molecule has 0 atom stereocenters. The first-order valence-electron chi connectivity index (χ1n) is 6.81. The zero-order valence-electron chi connectivity index (χ0n) is 11.7. The Morgan fingerprint density at radius 1 is 1.14 bits per heavy atom. The molecule has 0 N–H and O–H groups in total. The highest BCUT2D eigenvalue weighted by atomic mass is 32.1. The molecule has 0 aliphatic heterocycles. The first-order valence-corrected chi connectivity index (χ1v) is 7.62. The smallest absolute Gasteiger partial charge is 0.298 e. The highest BCUT2D eigenvalue weighted by Crippen LogP contribution is 2.21. The number of carbonyl (C=O) groups is 1. The molecule has 0 aliphatic carbocycles. The van der Waals surface area contributed by atoms with Crippen LogP contribution in [0.1, 0.15) is 22.3 Å². The lowest BCUT2D eigenvalue weighted by atomic mass is 10.0. The van der Waals surface area contributed by atoms with Crippen molar-refractivity contribution in [2.24, 2.45) is 0 Å². The maximum atomic E-state index is 12.4. The number of hydrogen-bond donors (Lipinski definition) is 0. The molecule has 2 aromatic carbocycles. The molecule has 0 radical (unpaired) electrons. The molecule has 0 unspecified atom stereocenters. The summed E-state index contributed by atoms with van der Waals surface area (Å²) >= 11 is 1.10. The van der Waals surface area contributed by atoms with Crippen LogP contribution in [0.2, 0.25) is 0 Å². The van der Waals surface area contributed by atoms with Crippen molar-refractivity contribution in [2.75, 3.05) is 0 Å². The Labute approximate surface area is 130 Å². The highest BCUT2D eigenvalue weighted by Gasteiger charge is 2.12. The van der Waals surface area contributed by atoms with Gasteiger partial charge in [-0.25, -0.2) is 0 Å². The number of fused-ring (bicyclic) bond motifs is 1. The van der Waals surface area contributed by atoms with Crippen LogP contribution in [-0.2, 0) is 6.54 Å². The standard InChI is InChI=1S/C17H12N2O2S/c18-9-4-10-19-14-8-7-13(11-15(14)22-17(19)21)16(20)12-5-2-1-3-6-12/h1-3,5-8,11H,4,10H2. The van der Waals surface area contributed by atoms with Gasteiger partial charge >= 0.3 is 4.87 Å². The maximum Gasteiger partial charge on any atom is 0.308 e. The summed E-state index contributed by atoms with van der Waals surface area (Å²) in [5.74, 6) is -0.0630. The van der Waals surface area contributed by atoms with Crippen LogP contribution in [0.15, 0.2) is 53.3 Å². The maximum absolute atomic E-state index is 12.4. The molecule has 3 rings (SSSR count). The van der Waals surface area contributed by atoms with Gasteiger partial charge in [0, 0.05) is 17.7 Å². The van der Waals surface area contributed by atoms with E-state index in [1.54, 1.807) is 34.9 Å². The summed E-state index contributed by atoms with van der Waals surface area (Å²) in [4.78, 5) is 24.3. The summed E-state index contributed by atoms with van der Waals surface area (Å²) in [6.07, 6.45) is 0.288. The molecule has 4 nitrogen and oxygen atoms in total. The molecule has 0 saturated carbocycles. The number of nitriles is 1. The van der Waals surface area contributed by atoms with Gasteiger partial charge in [0.05, 0.1) is 22.7 Å². The molecule has 1 aromatic heterocycles. The summed E-state index contributed by atoms with van der Waals surface area (Å²) in [6.45, 7) is 0.376. The molecule has 0 fully saturated rings. The van der Waals surface area contributed by atoms with Gasteiger partial charge in [-0.3, -0.25) is 14.2 Å². The third-order valence-electron chi connectivity index (χ3n) is 3.41. The Morgan fingerprint density at radius 2 is 1.91 bits per heavy atom. The number of nitrogens with zero attached hydrogens (tertiary/aromatic N) is 2. The Hall–Kier alpha value is -2.71. The van der Waals surface area contributed by atoms with Crippen LogP contribution in [0, 0.1) is 11.3 Å². The molecule has 5 heteroatoms. The van der Waals surface area contributed by atoms with Crippen LogP contribution in [0.5, 0.6) is 0 Å². The summed E-state index contributed by atoms with van der Waals surface area (Å²) in [7, 11) is 0. The van der Waals surface area contributed by atoms with Crippen molar-refractivity contribution in [3.05, 3.63) is 69.3 Å². The van der Waals surface area contributed by atoms with Crippen LogP contribution in [-0.4, -0.2) is 10.4 Å². The predicted octanol–water partition coefficient (Wildman–Crippen LogP) is 3.21. The van der Waals surface area contributed by atoms with Gasteiger partial charge in [0.15, 0.2) is 5.78 Å². The van der Waals surface area contributed by atoms with Gasteiger partial charge in [-0.2, -0.15) is 5.26 Å². The molecule has 0 aliphatic rings. The first kappa shape index (κ1) is 14.2. The number of aryl methyl sites for hydroxylation is 1. The minimum absolute atomic E-state index is 0.0630. The van der Waals surface area contributed by atoms with Crippen LogP contribution < -0.4 is 4.87 Å². The van der Waals surface area contributed by atoms with Crippen molar-refractivity contribution in [1.29, 1.82) is 5.26 Å². The quantitative estimate of drug-likeness (QED) is 0.695. The summed E-state index contributed by atoms with van der Waals surface area (Å²) < 4.78 is 2.35. The fourth-order valence-corrected chi connectivity index (χ4v) is 3.29. The number of carbonyl (C=O) groups excluding carboxylic acids is 1. The lowest BCUT2D eigenvalue weighted by Gasteiger charge is -2.03. The van der Waals surface area contributed by atoms with Crippen LogP contribution in [0.25, 0.3) is 10.2 Å². The van der Waals surface area contributed by atoms with Gasteiger partial charge < -0.3 is 0 Å². The van der Waals surface area contributed by atoms with Crippen LogP contribution in [0.3, 0.4) is 0 Å². The van der Waals surface area contributed by atoms with E-state index in [0.717, 1.165) is 21.6 Å². The van der Waals surface area contributed by atoms with E-state index in [0.29, 0.717) is 17.7 Å². The lowest BCUT2D eigenvalue weighted by molar-refractivity contribution is 0.103. The number of thiazole rings is 1. The number of rotatable bonds is 4. The summed E-state index contributed by atoms with van der Waals surface area (Å²) in [6, 6.07) is 16.3. The zero-order valence-corrected chi connectivity index (χ0v) is 12.5. The van der Waals surface area contributed by atoms with E-state index in [-0.39, 0.29) is 17.1 Å². The SMILES string of the molecule is N#CCCn1c(=O)sc2cc(C(=O)c3ccccc3)ccc21. The second kappa shape index (κ2) is 5.96. The molecule has 3 aromatic rings. The topological polar surface area (TPSA) is 62.9 Å². The van der Waals surface area contributed by atoms with Crippen molar-refractivity contribution in [3.63, 3.8) is 0 Å². The Kier molecular flexibility index (Phi) is 3.86. The van der Waals surface area contributed by atoms with E-state index >= 15 is 0 Å². The zero-order chi connectivity index (χ0) is 15.5. The van der Waals surface area contributed by atoms with Crippen LogP contribution >= 0.6 is 11.3 Å². The minimum Gasteiger partial charge on any atom is -0.298 e. The molecule has 108 valence electrons. The van der Waals surface area contributed by atoms with Crippen LogP contribution in [0.4, 0.5) is 0 Å². The number of ketones is 1. The van der Waals surface area contributed by atoms with E-state index in [4.69, 9.17) is 5.26 Å². The van der Waals surface area contributed by atoms with E-state index in [1.165, 1.54) is 0 Å². The Balaban J connectivity index is 2.03. The van der Waals surface area contributed by atoms with Gasteiger partial charge in [0.1, 0.15) is 0 Å². The molecule has 0 saturated heterocycles. The van der Waals surface area contributed by atoms with Gasteiger partial charge in [0.25, 0.3) is 0 Å². The summed E-state index contributed by atoms with van der Waals surface area (Å²) in [5, 5.41) is 8.66. The average molecular weight is 308 g/mol. The third kappa shape index (κ3) is 2.57. The largest absolute Gasteiger partial charge is 0.308 e. The Morgan fingerprint density at radius 3 is 2.64 bits per heavy atom. The van der Waals surface area contributed by atoms with Crippen molar-refractivity contribution in [3.8, 4) is 6.07 Å². The molecule has 1 heterocycles. The second-order valence-corrected chi connectivity index (χ2v) is 5.80. The molecular formula is C17H12N2O2S. The predicted molar refractivity (Wildman–Crippen MR) is 86.2 cm³/mol. The van der Waals surface area contributed by atoms with Gasteiger partial charge in [0.2, 0.25) is 0 Å².